The van der Waals surface area contributed by atoms with Crippen molar-refractivity contribution in [2.75, 3.05) is 6.61 Å². The van der Waals surface area contributed by atoms with Gasteiger partial charge in [0.15, 0.2) is 29.1 Å². The summed E-state index contributed by atoms with van der Waals surface area (Å²) in [6, 6.07) is 9.92. The Labute approximate surface area is 248 Å². The molecule has 9 N–H and O–H groups in total. The van der Waals surface area contributed by atoms with Crippen LogP contribution in [0.3, 0.4) is 0 Å². The van der Waals surface area contributed by atoms with Crippen molar-refractivity contribution in [3.8, 4) is 40.2 Å². The average molecular weight is 613 g/mol. The van der Waals surface area contributed by atoms with Crippen LogP contribution in [0.4, 0.5) is 0 Å². The Balaban J connectivity index is 1.35. The zero-order valence-electron chi connectivity index (χ0n) is 22.6. The van der Waals surface area contributed by atoms with Crippen molar-refractivity contribution >= 4 is 18.1 Å². The van der Waals surface area contributed by atoms with Crippen molar-refractivity contribution in [1.29, 1.82) is 0 Å². The fourth-order valence-electron chi connectivity index (χ4n) is 4.58. The number of aliphatic hydroxyl groups excluding tert-OH is 3. The molecule has 2 heterocycles. The first-order chi connectivity index (χ1) is 20.9. The van der Waals surface area contributed by atoms with Crippen molar-refractivity contribution < 1.29 is 69.7 Å². The van der Waals surface area contributed by atoms with E-state index in [9.17, 15) is 50.8 Å². The van der Waals surface area contributed by atoms with Gasteiger partial charge in [-0.15, -0.1) is 0 Å². The predicted octanol–water partition coefficient (Wildman–Crippen LogP) is 1.48. The summed E-state index contributed by atoms with van der Waals surface area (Å²) >= 11 is 0. The molecule has 232 valence electrons. The van der Waals surface area contributed by atoms with E-state index in [2.05, 4.69) is 0 Å². The first-order valence-corrected chi connectivity index (χ1v) is 13.1. The molecule has 3 aromatic rings. The van der Waals surface area contributed by atoms with Crippen LogP contribution < -0.4 is 4.74 Å². The number of carbonyl (C=O) groups excluding carboxylic acids is 1. The number of ether oxygens (including phenoxy) is 4. The van der Waals surface area contributed by atoms with Crippen LogP contribution in [0.1, 0.15) is 22.8 Å². The summed E-state index contributed by atoms with van der Waals surface area (Å²) in [4.78, 5) is 12.3. The predicted molar refractivity (Wildman–Crippen MR) is 148 cm³/mol. The van der Waals surface area contributed by atoms with E-state index in [1.54, 1.807) is 0 Å². The molecule has 14 nitrogen and oxygen atoms in total. The number of rotatable bonds is 7. The molecule has 1 fully saturated rings. The van der Waals surface area contributed by atoms with Gasteiger partial charge in [0.05, 0.1) is 5.56 Å². The molecule has 1 saturated heterocycles. The third kappa shape index (κ3) is 6.28. The van der Waals surface area contributed by atoms with Crippen LogP contribution in [0.15, 0.2) is 60.4 Å². The van der Waals surface area contributed by atoms with Crippen molar-refractivity contribution in [2.45, 2.75) is 36.8 Å². The molecular weight excluding hydrogens is 584 g/mol. The van der Waals surface area contributed by atoms with Crippen LogP contribution in [0.5, 0.6) is 40.2 Å². The molecule has 3 aromatic carbocycles. The molecule has 44 heavy (non-hydrogen) atoms. The zero-order valence-corrected chi connectivity index (χ0v) is 22.6. The van der Waals surface area contributed by atoms with E-state index in [-0.39, 0.29) is 39.9 Å². The second-order valence-electron chi connectivity index (χ2n) is 10.0. The maximum Gasteiger partial charge on any atom is 0.330 e. The molecule has 0 bridgehead atoms. The summed E-state index contributed by atoms with van der Waals surface area (Å²) in [5.74, 6) is -3.26. The maximum atomic E-state index is 12.3. The highest BCUT2D eigenvalue weighted by Crippen LogP contribution is 2.45. The molecule has 5 rings (SSSR count). The molecule has 14 heteroatoms. The standard InChI is InChI=1S/C30H28O14/c31-15-9-19(34)16-11-23(29(42-22(16)10-15)14-3-5-18(33)21(36)8-14)43-30-28(40)27(39)26(38)24(44-30)12-41-25(37)6-2-13-1-4-17(32)20(35)7-13/h1-11,24,26-36,38-40H,12H2/b6-2+/t24-,26-,27+,28-,29?,30-/m1/s1. The van der Waals surface area contributed by atoms with E-state index in [1.807, 2.05) is 0 Å². The van der Waals surface area contributed by atoms with Crippen LogP contribution in [0.2, 0.25) is 0 Å². The van der Waals surface area contributed by atoms with E-state index in [1.165, 1.54) is 54.6 Å². The molecule has 0 aromatic heterocycles. The topological polar surface area (TPSA) is 236 Å². The van der Waals surface area contributed by atoms with Gasteiger partial charge >= 0.3 is 5.97 Å². The second kappa shape index (κ2) is 12.2. The highest BCUT2D eigenvalue weighted by Gasteiger charge is 2.46. The van der Waals surface area contributed by atoms with E-state index >= 15 is 0 Å². The maximum absolute atomic E-state index is 12.3. The van der Waals surface area contributed by atoms with Crippen LogP contribution >= 0.6 is 0 Å². The van der Waals surface area contributed by atoms with Crippen molar-refractivity contribution in [3.63, 3.8) is 0 Å². The Morgan fingerprint density at radius 3 is 2.20 bits per heavy atom. The highest BCUT2D eigenvalue weighted by atomic mass is 16.7. The molecule has 0 radical (unpaired) electrons. The summed E-state index contributed by atoms with van der Waals surface area (Å²) in [6.45, 7) is -0.581. The Morgan fingerprint density at radius 1 is 0.795 bits per heavy atom. The lowest BCUT2D eigenvalue weighted by Gasteiger charge is -2.41. The average Bonchev–Trinajstić information content (AvgIpc) is 2.98. The van der Waals surface area contributed by atoms with Gasteiger partial charge in [0, 0.05) is 23.8 Å². The summed E-state index contributed by atoms with van der Waals surface area (Å²) in [7, 11) is 0. The van der Waals surface area contributed by atoms with Crippen LogP contribution in [0.25, 0.3) is 12.2 Å². The number of phenolic OH excluding ortho intramolecular Hbond substituents is 6. The molecule has 1 unspecified atom stereocenters. The number of hydrogen-bond donors (Lipinski definition) is 9. The number of aromatic hydroxyl groups is 6. The summed E-state index contributed by atoms with van der Waals surface area (Å²) < 4.78 is 22.6. The van der Waals surface area contributed by atoms with Gasteiger partial charge in [0.2, 0.25) is 6.29 Å². The van der Waals surface area contributed by atoms with Crippen LogP contribution in [-0.4, -0.2) is 89.2 Å². The molecule has 6 atom stereocenters. The Hall–Kier alpha value is -5.15. The van der Waals surface area contributed by atoms with E-state index in [0.29, 0.717) is 5.56 Å². The van der Waals surface area contributed by atoms with E-state index < -0.39 is 66.6 Å². The SMILES string of the molecule is O=C(/C=C/c1ccc(O)c(O)c1)OC[C@H]1O[C@@H](OC2=Cc3c(O)cc(O)cc3OC2c2ccc(O)c(O)c2)[C@H](O)[C@@H](O)[C@@H]1O. The van der Waals surface area contributed by atoms with Gasteiger partial charge in [-0.25, -0.2) is 4.79 Å². The first-order valence-electron chi connectivity index (χ1n) is 13.1. The molecule has 0 spiro atoms. The zero-order chi connectivity index (χ0) is 31.7. The van der Waals surface area contributed by atoms with Crippen molar-refractivity contribution in [3.05, 3.63) is 77.1 Å². The second-order valence-corrected chi connectivity index (χ2v) is 10.0. The van der Waals surface area contributed by atoms with Gasteiger partial charge in [-0.1, -0.05) is 12.1 Å². The van der Waals surface area contributed by atoms with Gasteiger partial charge < -0.3 is 64.9 Å². The third-order valence-corrected chi connectivity index (χ3v) is 6.92. The minimum atomic E-state index is -1.82. The number of benzene rings is 3. The number of phenols is 6. The fourth-order valence-corrected chi connectivity index (χ4v) is 4.58. The van der Waals surface area contributed by atoms with Gasteiger partial charge in [-0.05, 0) is 42.0 Å². The lowest BCUT2D eigenvalue weighted by Crippen LogP contribution is -2.59. The van der Waals surface area contributed by atoms with E-state index in [4.69, 9.17) is 18.9 Å². The first kappa shape index (κ1) is 30.3. The van der Waals surface area contributed by atoms with Crippen LogP contribution in [-0.2, 0) is 19.0 Å². The van der Waals surface area contributed by atoms with Gasteiger partial charge in [0.1, 0.15) is 54.0 Å². The van der Waals surface area contributed by atoms with Crippen molar-refractivity contribution in [1.82, 2.24) is 0 Å². The molecule has 0 aliphatic carbocycles. The van der Waals surface area contributed by atoms with Crippen LogP contribution in [0, 0.1) is 0 Å². The Bertz CT molecular complexity index is 1620. The summed E-state index contributed by atoms with van der Waals surface area (Å²) in [6.07, 6.45) is -5.94. The Kier molecular flexibility index (Phi) is 8.42. The molecule has 0 amide bonds. The normalized spacial score (nSPS) is 24.7. The fraction of sp³-hybridized carbons (Fsp3) is 0.233. The summed E-state index contributed by atoms with van der Waals surface area (Å²) in [5, 5.41) is 90.8. The number of aliphatic hydroxyl groups is 3. The van der Waals surface area contributed by atoms with E-state index in [0.717, 1.165) is 12.1 Å². The Morgan fingerprint density at radius 2 is 1.50 bits per heavy atom. The lowest BCUT2D eigenvalue weighted by molar-refractivity contribution is -0.294. The monoisotopic (exact) mass is 612 g/mol. The van der Waals surface area contributed by atoms with Gasteiger partial charge in [-0.2, -0.15) is 0 Å². The smallest absolute Gasteiger partial charge is 0.330 e. The molecule has 2 aliphatic rings. The lowest BCUT2D eigenvalue weighted by atomic mass is 9.98. The molecular formula is C30H28O14. The number of fused-ring (bicyclic) bond motifs is 1. The number of esters is 1. The number of hydrogen-bond acceptors (Lipinski definition) is 14. The quantitative estimate of drug-likeness (QED) is 0.104. The third-order valence-electron chi connectivity index (χ3n) is 6.92. The minimum absolute atomic E-state index is 0.0355. The molecule has 2 aliphatic heterocycles. The van der Waals surface area contributed by atoms with Gasteiger partial charge in [-0.3, -0.25) is 0 Å². The number of carbonyl (C=O) groups is 1. The highest BCUT2D eigenvalue weighted by molar-refractivity contribution is 5.87. The van der Waals surface area contributed by atoms with Crippen molar-refractivity contribution in [2.24, 2.45) is 0 Å². The largest absolute Gasteiger partial charge is 0.508 e. The van der Waals surface area contributed by atoms with Gasteiger partial charge in [0.25, 0.3) is 0 Å². The summed E-state index contributed by atoms with van der Waals surface area (Å²) in [5.41, 5.74) is 0.702. The molecule has 0 saturated carbocycles. The minimum Gasteiger partial charge on any atom is -0.508 e.